The SMILES string of the molecule is CCCCC1=NC2(CCCC2)C(=O)N1Cc1ccc(-c2ccccc2-c2nnn(COC(=O)Oc3ccccc3CON(O)O)n2)cc1. The van der Waals surface area contributed by atoms with Gasteiger partial charge in [0.25, 0.3) is 5.91 Å². The van der Waals surface area contributed by atoms with Crippen LogP contribution in [0, 0.1) is 0 Å². The minimum atomic E-state index is -1.02. The summed E-state index contributed by atoms with van der Waals surface area (Å²) in [5.41, 5.74) is 3.42. The number of amides is 1. The van der Waals surface area contributed by atoms with E-state index in [1.54, 1.807) is 18.2 Å². The average molecular weight is 656 g/mol. The molecular formula is C34H37N7O7. The van der Waals surface area contributed by atoms with Gasteiger partial charge in [0.2, 0.25) is 12.6 Å². The highest BCUT2D eigenvalue weighted by Gasteiger charge is 2.49. The summed E-state index contributed by atoms with van der Waals surface area (Å²) in [5, 5.41) is 29.7. The number of ether oxygens (including phenoxy) is 2. The molecule has 14 nitrogen and oxygen atoms in total. The number of carbonyl (C=O) groups is 2. The van der Waals surface area contributed by atoms with Crippen molar-refractivity contribution in [3.63, 3.8) is 0 Å². The summed E-state index contributed by atoms with van der Waals surface area (Å²) in [6, 6.07) is 22.2. The van der Waals surface area contributed by atoms with Gasteiger partial charge in [-0.05, 0) is 47.2 Å². The van der Waals surface area contributed by atoms with Gasteiger partial charge in [0.05, 0.1) is 11.9 Å². The van der Waals surface area contributed by atoms with Crippen molar-refractivity contribution in [3.8, 4) is 28.3 Å². The molecule has 250 valence electrons. The Morgan fingerprint density at radius 2 is 1.71 bits per heavy atom. The van der Waals surface area contributed by atoms with Crippen LogP contribution in [0.25, 0.3) is 22.5 Å². The highest BCUT2D eigenvalue weighted by molar-refractivity contribution is 6.08. The number of carbonyl (C=O) groups excluding carboxylic acids is 2. The smallest absolute Gasteiger partial charge is 0.409 e. The summed E-state index contributed by atoms with van der Waals surface area (Å²) in [7, 11) is 0. The molecule has 4 aromatic rings. The third-order valence-corrected chi connectivity index (χ3v) is 8.51. The maximum atomic E-state index is 13.6. The minimum absolute atomic E-state index is 0.117. The van der Waals surface area contributed by atoms with Gasteiger partial charge in [-0.1, -0.05) is 92.9 Å². The van der Waals surface area contributed by atoms with Crippen LogP contribution in [-0.2, 0) is 34.3 Å². The molecule has 1 fully saturated rings. The highest BCUT2D eigenvalue weighted by atomic mass is 17.1. The van der Waals surface area contributed by atoms with E-state index in [9.17, 15) is 9.59 Å². The maximum Gasteiger partial charge on any atom is 0.515 e. The van der Waals surface area contributed by atoms with E-state index in [2.05, 4.69) is 27.2 Å². The Kier molecular flexibility index (Phi) is 10.2. The lowest BCUT2D eigenvalue weighted by Crippen LogP contribution is -2.40. The molecule has 6 rings (SSSR count). The molecule has 48 heavy (non-hydrogen) atoms. The van der Waals surface area contributed by atoms with E-state index in [0.717, 1.165) is 77.8 Å². The van der Waals surface area contributed by atoms with Crippen LogP contribution in [0.2, 0.25) is 0 Å². The van der Waals surface area contributed by atoms with Gasteiger partial charge >= 0.3 is 6.16 Å². The number of tetrazole rings is 1. The van der Waals surface area contributed by atoms with Gasteiger partial charge in [0.1, 0.15) is 23.7 Å². The van der Waals surface area contributed by atoms with Crippen molar-refractivity contribution < 1.29 is 34.3 Å². The van der Waals surface area contributed by atoms with E-state index in [1.165, 1.54) is 6.07 Å². The molecule has 0 unspecified atom stereocenters. The topological polar surface area (TPSA) is 165 Å². The van der Waals surface area contributed by atoms with Gasteiger partial charge in [-0.25, -0.2) is 9.63 Å². The standard InChI is InChI=1S/C34H37N7O7/c1-2-3-14-30-35-34(19-8-9-20-34)32(42)39(30)21-24-15-17-25(18-16-24)27-11-5-6-12-28(27)31-36-38-40(37-31)23-46-33(43)48-29-13-7-4-10-26(29)22-47-41(44)45/h4-7,10-13,15-18,44-45H,2-3,8-9,14,19-23H2,1H3. The molecule has 0 radical (unpaired) electrons. The monoisotopic (exact) mass is 655 g/mol. The zero-order valence-corrected chi connectivity index (χ0v) is 26.6. The van der Waals surface area contributed by atoms with Gasteiger partial charge in [0.15, 0.2) is 0 Å². The molecule has 1 aliphatic carbocycles. The van der Waals surface area contributed by atoms with Crippen molar-refractivity contribution in [3.05, 3.63) is 83.9 Å². The molecule has 2 heterocycles. The van der Waals surface area contributed by atoms with Crippen LogP contribution in [0.15, 0.2) is 77.8 Å². The van der Waals surface area contributed by atoms with Crippen LogP contribution in [-0.4, -0.2) is 64.3 Å². The number of amidine groups is 1. The molecule has 0 saturated heterocycles. The summed E-state index contributed by atoms with van der Waals surface area (Å²) in [4.78, 5) is 38.5. The summed E-state index contributed by atoms with van der Waals surface area (Å²) in [6.45, 7) is 2.02. The lowest BCUT2D eigenvalue weighted by Gasteiger charge is -2.23. The molecular weight excluding hydrogens is 618 g/mol. The van der Waals surface area contributed by atoms with E-state index in [0.29, 0.717) is 17.9 Å². The third-order valence-electron chi connectivity index (χ3n) is 8.51. The first-order valence-corrected chi connectivity index (χ1v) is 16.0. The fourth-order valence-electron chi connectivity index (χ4n) is 6.09. The highest BCUT2D eigenvalue weighted by Crippen LogP contribution is 2.40. The van der Waals surface area contributed by atoms with E-state index >= 15 is 0 Å². The summed E-state index contributed by atoms with van der Waals surface area (Å²) in [5.74, 6) is 1.52. The quantitative estimate of drug-likeness (QED) is 0.0995. The zero-order valence-electron chi connectivity index (χ0n) is 26.6. The van der Waals surface area contributed by atoms with Crippen LogP contribution >= 0.6 is 0 Å². The maximum absolute atomic E-state index is 13.6. The Balaban J connectivity index is 1.10. The van der Waals surface area contributed by atoms with E-state index in [1.807, 2.05) is 53.4 Å². The number of nitrogens with zero attached hydrogens (tertiary/aromatic N) is 7. The second-order valence-corrected chi connectivity index (χ2v) is 11.7. The first-order chi connectivity index (χ1) is 23.3. The van der Waals surface area contributed by atoms with Gasteiger partial charge in [-0.15, -0.1) is 15.0 Å². The number of aliphatic imine (C=N–C) groups is 1. The Bertz CT molecular complexity index is 1770. The largest absolute Gasteiger partial charge is 0.515 e. The number of aromatic nitrogens is 4. The second-order valence-electron chi connectivity index (χ2n) is 11.7. The van der Waals surface area contributed by atoms with Gasteiger partial charge in [-0.2, -0.15) is 0 Å². The zero-order chi connectivity index (χ0) is 33.5. The number of hydrogen-bond acceptors (Lipinski definition) is 12. The molecule has 2 aliphatic rings. The number of benzene rings is 3. The molecule has 1 saturated carbocycles. The number of hydrogen-bond donors (Lipinski definition) is 2. The average Bonchev–Trinajstić information content (AvgIpc) is 3.84. The fourth-order valence-corrected chi connectivity index (χ4v) is 6.09. The molecule has 1 aromatic heterocycles. The summed E-state index contributed by atoms with van der Waals surface area (Å²) >= 11 is 0. The predicted octanol–water partition coefficient (Wildman–Crippen LogP) is 5.94. The Labute approximate surface area is 277 Å². The number of rotatable bonds is 13. The first kappa shape index (κ1) is 32.9. The molecule has 1 aliphatic heterocycles. The molecule has 0 bridgehead atoms. The Morgan fingerprint density at radius 1 is 0.979 bits per heavy atom. The molecule has 2 N–H and O–H groups in total. The third kappa shape index (κ3) is 7.42. The molecule has 1 spiro atoms. The van der Waals surface area contributed by atoms with Crippen molar-refractivity contribution in [2.24, 2.45) is 4.99 Å². The number of para-hydroxylation sites is 1. The minimum Gasteiger partial charge on any atom is -0.409 e. The lowest BCUT2D eigenvalue weighted by atomic mass is 9.97. The first-order valence-electron chi connectivity index (χ1n) is 16.0. The van der Waals surface area contributed by atoms with E-state index < -0.39 is 17.1 Å². The van der Waals surface area contributed by atoms with Crippen LogP contribution < -0.4 is 4.74 Å². The van der Waals surface area contributed by atoms with E-state index in [-0.39, 0.29) is 25.0 Å². The van der Waals surface area contributed by atoms with Crippen LogP contribution in [0.3, 0.4) is 0 Å². The Morgan fingerprint density at radius 3 is 2.46 bits per heavy atom. The molecule has 1 amide bonds. The van der Waals surface area contributed by atoms with Gasteiger partial charge < -0.3 is 9.47 Å². The number of unbranched alkanes of at least 4 members (excludes halogenated alkanes) is 1. The van der Waals surface area contributed by atoms with Gasteiger partial charge in [0, 0.05) is 17.5 Å². The Hall–Kier alpha value is -5.02. The fraction of sp³-hybridized carbons (Fsp3) is 0.353. The normalized spacial score (nSPS) is 15.4. The molecule has 3 aromatic carbocycles. The van der Waals surface area contributed by atoms with Crippen molar-refractivity contribution in [1.82, 2.24) is 30.5 Å². The van der Waals surface area contributed by atoms with Crippen molar-refractivity contribution in [2.75, 3.05) is 0 Å². The second kappa shape index (κ2) is 14.8. The molecule has 14 heteroatoms. The van der Waals surface area contributed by atoms with Crippen LogP contribution in [0.4, 0.5) is 4.79 Å². The van der Waals surface area contributed by atoms with Crippen molar-refractivity contribution >= 4 is 17.9 Å². The van der Waals surface area contributed by atoms with Crippen molar-refractivity contribution in [1.29, 1.82) is 0 Å². The van der Waals surface area contributed by atoms with E-state index in [4.69, 9.17) is 24.9 Å². The molecule has 0 atom stereocenters. The predicted molar refractivity (Wildman–Crippen MR) is 171 cm³/mol. The van der Waals surface area contributed by atoms with Crippen LogP contribution in [0.1, 0.15) is 63.0 Å². The van der Waals surface area contributed by atoms with Crippen molar-refractivity contribution in [2.45, 2.75) is 77.3 Å². The van der Waals surface area contributed by atoms with Gasteiger partial charge in [-0.3, -0.25) is 25.1 Å². The summed E-state index contributed by atoms with van der Waals surface area (Å²) in [6.07, 6.45) is 5.61. The summed E-state index contributed by atoms with van der Waals surface area (Å²) < 4.78 is 10.4. The lowest BCUT2D eigenvalue weighted by molar-refractivity contribution is -0.497. The van der Waals surface area contributed by atoms with Crippen LogP contribution in [0.5, 0.6) is 5.75 Å².